The number of carbonyl (C=O) groups excluding carboxylic acids is 1. The van der Waals surface area contributed by atoms with Gasteiger partial charge in [0.15, 0.2) is 0 Å². The van der Waals surface area contributed by atoms with Gasteiger partial charge in [0.25, 0.3) is 5.91 Å². The molecule has 17 heavy (non-hydrogen) atoms. The molecule has 0 fully saturated rings. The second-order valence-electron chi connectivity index (χ2n) is 3.65. The van der Waals surface area contributed by atoms with E-state index in [1.54, 1.807) is 26.0 Å². The Morgan fingerprint density at radius 1 is 1.41 bits per heavy atom. The predicted molar refractivity (Wildman–Crippen MR) is 67.7 cm³/mol. The summed E-state index contributed by atoms with van der Waals surface area (Å²) in [6.45, 7) is 3.47. The molecule has 0 atom stereocenters. The van der Waals surface area contributed by atoms with Crippen molar-refractivity contribution in [1.82, 2.24) is 5.32 Å². The molecule has 1 amide bonds. The molecule has 0 aliphatic rings. The first kappa shape index (κ1) is 14.0. The van der Waals surface area contributed by atoms with E-state index in [1.165, 1.54) is 0 Å². The van der Waals surface area contributed by atoms with Crippen molar-refractivity contribution >= 4 is 34.8 Å². The third kappa shape index (κ3) is 2.98. The fraction of sp³-hybridized carbons (Fsp3) is 0.455. The second-order valence-corrected chi connectivity index (χ2v) is 5.37. The average molecular weight is 276 g/mol. The molecule has 4 nitrogen and oxygen atoms in total. The van der Waals surface area contributed by atoms with Gasteiger partial charge in [0.2, 0.25) is 0 Å². The zero-order chi connectivity index (χ0) is 13.1. The molecular formula is C11H14ClNO3S. The van der Waals surface area contributed by atoms with Crippen molar-refractivity contribution in [2.45, 2.75) is 32.2 Å². The first-order chi connectivity index (χ1) is 7.95. The lowest BCUT2D eigenvalue weighted by Gasteiger charge is -2.27. The van der Waals surface area contributed by atoms with Crippen molar-refractivity contribution in [3.05, 3.63) is 21.3 Å². The fourth-order valence-electron chi connectivity index (χ4n) is 1.50. The first-order valence-electron chi connectivity index (χ1n) is 5.26. The zero-order valence-corrected chi connectivity index (χ0v) is 11.2. The molecule has 1 rings (SSSR count). The summed E-state index contributed by atoms with van der Waals surface area (Å²) in [5.74, 6) is -1.41. The number of rotatable bonds is 5. The molecule has 1 heterocycles. The van der Waals surface area contributed by atoms with Gasteiger partial charge in [0, 0.05) is 0 Å². The highest BCUT2D eigenvalue weighted by molar-refractivity contribution is 7.18. The van der Waals surface area contributed by atoms with Crippen LogP contribution < -0.4 is 5.32 Å². The molecule has 0 aliphatic heterocycles. The van der Waals surface area contributed by atoms with E-state index in [0.717, 1.165) is 11.3 Å². The Kier molecular flexibility index (Phi) is 4.54. The Balaban J connectivity index is 2.88. The fourth-order valence-corrected chi connectivity index (χ4v) is 2.44. The van der Waals surface area contributed by atoms with Crippen molar-refractivity contribution in [3.8, 4) is 0 Å². The number of carboxylic acids is 1. The number of hydrogen-bond donors (Lipinski definition) is 2. The van der Waals surface area contributed by atoms with E-state index in [0.29, 0.717) is 22.1 Å². The van der Waals surface area contributed by atoms with E-state index in [9.17, 15) is 14.7 Å². The van der Waals surface area contributed by atoms with Gasteiger partial charge in [-0.2, -0.15) is 0 Å². The summed E-state index contributed by atoms with van der Waals surface area (Å²) < 4.78 is 0.504. The third-order valence-corrected chi connectivity index (χ3v) is 4.00. The largest absolute Gasteiger partial charge is 0.480 e. The van der Waals surface area contributed by atoms with Crippen molar-refractivity contribution in [2.24, 2.45) is 0 Å². The molecule has 0 aliphatic carbocycles. The maximum absolute atomic E-state index is 11.9. The van der Waals surface area contributed by atoms with E-state index < -0.39 is 17.4 Å². The lowest BCUT2D eigenvalue weighted by Crippen LogP contribution is -2.53. The van der Waals surface area contributed by atoms with Gasteiger partial charge in [-0.3, -0.25) is 4.79 Å². The Morgan fingerprint density at radius 3 is 2.35 bits per heavy atom. The smallest absolute Gasteiger partial charge is 0.329 e. The molecule has 1 aromatic rings. The molecule has 0 radical (unpaired) electrons. The molecule has 0 bridgehead atoms. The molecule has 6 heteroatoms. The SMILES string of the molecule is CCC(CC)(NC(=O)c1ccc(Cl)s1)C(=O)O. The molecule has 2 N–H and O–H groups in total. The highest BCUT2D eigenvalue weighted by atomic mass is 35.5. The lowest BCUT2D eigenvalue weighted by molar-refractivity contribution is -0.144. The zero-order valence-electron chi connectivity index (χ0n) is 9.62. The van der Waals surface area contributed by atoms with Gasteiger partial charge >= 0.3 is 5.97 Å². The first-order valence-corrected chi connectivity index (χ1v) is 6.46. The summed E-state index contributed by atoms with van der Waals surface area (Å²) in [4.78, 5) is 23.5. The highest BCUT2D eigenvalue weighted by Gasteiger charge is 2.36. The van der Waals surface area contributed by atoms with Gasteiger partial charge in [-0.25, -0.2) is 4.79 Å². The number of carbonyl (C=O) groups is 2. The maximum Gasteiger partial charge on any atom is 0.329 e. The summed E-state index contributed by atoms with van der Waals surface area (Å²) in [6.07, 6.45) is 0.674. The number of aliphatic carboxylic acids is 1. The molecule has 0 saturated carbocycles. The van der Waals surface area contributed by atoms with E-state index in [4.69, 9.17) is 11.6 Å². The average Bonchev–Trinajstić information content (AvgIpc) is 2.72. The van der Waals surface area contributed by atoms with Crippen LogP contribution >= 0.6 is 22.9 Å². The number of hydrogen-bond acceptors (Lipinski definition) is 3. The molecule has 94 valence electrons. The second kappa shape index (κ2) is 5.51. The van der Waals surface area contributed by atoms with Crippen molar-refractivity contribution in [1.29, 1.82) is 0 Å². The quantitative estimate of drug-likeness (QED) is 0.868. The van der Waals surface area contributed by atoms with Gasteiger partial charge in [0.1, 0.15) is 5.54 Å². The van der Waals surface area contributed by atoms with Gasteiger partial charge < -0.3 is 10.4 Å². The summed E-state index contributed by atoms with van der Waals surface area (Å²) in [5.41, 5.74) is -1.20. The van der Waals surface area contributed by atoms with Crippen LogP contribution in [-0.4, -0.2) is 22.5 Å². The minimum Gasteiger partial charge on any atom is -0.480 e. The molecule has 0 aromatic carbocycles. The number of nitrogens with one attached hydrogen (secondary N) is 1. The van der Waals surface area contributed by atoms with Crippen LogP contribution in [0.5, 0.6) is 0 Å². The van der Waals surface area contributed by atoms with Crippen LogP contribution in [0, 0.1) is 0 Å². The van der Waals surface area contributed by atoms with Gasteiger partial charge in [-0.05, 0) is 25.0 Å². The Hall–Kier alpha value is -1.07. The Labute approximate surface area is 109 Å². The summed E-state index contributed by atoms with van der Waals surface area (Å²) in [5, 5.41) is 11.8. The minimum atomic E-state index is -1.20. The Bertz CT molecular complexity index is 426. The molecule has 1 aromatic heterocycles. The minimum absolute atomic E-state index is 0.337. The van der Waals surface area contributed by atoms with Crippen LogP contribution in [0.4, 0.5) is 0 Å². The highest BCUT2D eigenvalue weighted by Crippen LogP contribution is 2.23. The van der Waals surface area contributed by atoms with Crippen LogP contribution in [0.3, 0.4) is 0 Å². The number of amides is 1. The van der Waals surface area contributed by atoms with Crippen molar-refractivity contribution in [2.75, 3.05) is 0 Å². The molecule has 0 spiro atoms. The summed E-state index contributed by atoms with van der Waals surface area (Å²) in [6, 6.07) is 3.20. The van der Waals surface area contributed by atoms with Crippen LogP contribution in [-0.2, 0) is 4.79 Å². The number of thiophene rings is 1. The number of halogens is 1. The standard InChI is InChI=1S/C11H14ClNO3S/c1-3-11(4-2,10(15)16)13-9(14)7-5-6-8(12)17-7/h5-6H,3-4H2,1-2H3,(H,13,14)(H,15,16). The van der Waals surface area contributed by atoms with E-state index in [-0.39, 0.29) is 0 Å². The van der Waals surface area contributed by atoms with Crippen LogP contribution in [0.15, 0.2) is 12.1 Å². The van der Waals surface area contributed by atoms with Gasteiger partial charge in [0.05, 0.1) is 9.21 Å². The predicted octanol–water partition coefficient (Wildman–Crippen LogP) is 2.77. The molecule has 0 saturated heterocycles. The lowest BCUT2D eigenvalue weighted by atomic mass is 9.93. The van der Waals surface area contributed by atoms with E-state index in [1.807, 2.05) is 0 Å². The number of carboxylic acid groups (broad SMARTS) is 1. The van der Waals surface area contributed by atoms with Crippen LogP contribution in [0.1, 0.15) is 36.4 Å². The summed E-state index contributed by atoms with van der Waals surface area (Å²) in [7, 11) is 0. The molecular weight excluding hydrogens is 262 g/mol. The normalized spacial score (nSPS) is 11.2. The topological polar surface area (TPSA) is 66.4 Å². The molecule has 0 unspecified atom stereocenters. The van der Waals surface area contributed by atoms with Gasteiger partial charge in [-0.15, -0.1) is 11.3 Å². The van der Waals surface area contributed by atoms with E-state index >= 15 is 0 Å². The maximum atomic E-state index is 11.9. The monoisotopic (exact) mass is 275 g/mol. The third-order valence-electron chi connectivity index (χ3n) is 2.77. The Morgan fingerprint density at radius 2 is 2.00 bits per heavy atom. The van der Waals surface area contributed by atoms with Crippen molar-refractivity contribution in [3.63, 3.8) is 0 Å². The van der Waals surface area contributed by atoms with Crippen LogP contribution in [0.25, 0.3) is 0 Å². The van der Waals surface area contributed by atoms with E-state index in [2.05, 4.69) is 5.32 Å². The summed E-state index contributed by atoms with van der Waals surface area (Å²) >= 11 is 6.86. The van der Waals surface area contributed by atoms with Gasteiger partial charge in [-0.1, -0.05) is 25.4 Å². The van der Waals surface area contributed by atoms with Crippen molar-refractivity contribution < 1.29 is 14.7 Å². The van der Waals surface area contributed by atoms with Crippen LogP contribution in [0.2, 0.25) is 4.34 Å².